The van der Waals surface area contributed by atoms with Gasteiger partial charge in [0.1, 0.15) is 11.6 Å². The lowest BCUT2D eigenvalue weighted by atomic mass is 10.2. The van der Waals surface area contributed by atoms with Gasteiger partial charge in [0.25, 0.3) is 5.56 Å². The van der Waals surface area contributed by atoms with Crippen molar-refractivity contribution in [3.05, 3.63) is 92.2 Å². The summed E-state index contributed by atoms with van der Waals surface area (Å²) in [5, 5.41) is 3.58. The Morgan fingerprint density at radius 3 is 2.64 bits per heavy atom. The number of aromatic nitrogens is 2. The van der Waals surface area contributed by atoms with Crippen LogP contribution in [0.4, 0.5) is 14.5 Å². The van der Waals surface area contributed by atoms with Crippen LogP contribution in [0.3, 0.4) is 0 Å². The number of carbonyl (C=O) groups excluding carboxylic acids is 1. The molecule has 0 bridgehead atoms. The van der Waals surface area contributed by atoms with E-state index in [0.29, 0.717) is 16.6 Å². The lowest BCUT2D eigenvalue weighted by molar-refractivity contribution is -0.113. The minimum atomic E-state index is -0.932. The first-order valence-electron chi connectivity index (χ1n) is 9.60. The smallest absolute Gasteiger partial charge is 0.266 e. The van der Waals surface area contributed by atoms with Gasteiger partial charge in [-0.05, 0) is 42.8 Å². The summed E-state index contributed by atoms with van der Waals surface area (Å²) in [6, 6.07) is 12.8. The fourth-order valence-corrected chi connectivity index (χ4v) is 4.43. The van der Waals surface area contributed by atoms with E-state index in [0.717, 1.165) is 34.0 Å². The van der Waals surface area contributed by atoms with Gasteiger partial charge in [-0.25, -0.2) is 13.8 Å². The van der Waals surface area contributed by atoms with Crippen LogP contribution in [0.5, 0.6) is 0 Å². The van der Waals surface area contributed by atoms with Gasteiger partial charge >= 0.3 is 0 Å². The molecule has 0 saturated heterocycles. The molecule has 33 heavy (non-hydrogen) atoms. The van der Waals surface area contributed by atoms with Crippen molar-refractivity contribution in [2.24, 2.45) is 0 Å². The summed E-state index contributed by atoms with van der Waals surface area (Å²) in [5.41, 5.74) is 0.679. The van der Waals surface area contributed by atoms with Gasteiger partial charge < -0.3 is 5.32 Å². The Kier molecular flexibility index (Phi) is 6.69. The molecule has 0 aliphatic rings. The number of hydrogen-bond acceptors (Lipinski definition) is 4. The SMILES string of the molecule is Cc1ccc(Cl)c(NC(=O)CSc2nc3ccccc3c(=O)n2-c2ccc(F)cc2F)c1Cl. The van der Waals surface area contributed by atoms with Crippen molar-refractivity contribution in [3.8, 4) is 5.69 Å². The van der Waals surface area contributed by atoms with Crippen LogP contribution in [0.15, 0.2) is 64.5 Å². The van der Waals surface area contributed by atoms with E-state index in [1.54, 1.807) is 43.3 Å². The number of para-hydroxylation sites is 1. The Balaban J connectivity index is 1.71. The number of hydrogen-bond donors (Lipinski definition) is 1. The van der Waals surface area contributed by atoms with E-state index in [1.165, 1.54) is 0 Å². The number of aryl methyl sites for hydroxylation is 1. The normalized spacial score (nSPS) is 11.1. The zero-order chi connectivity index (χ0) is 23.7. The third kappa shape index (κ3) is 4.73. The van der Waals surface area contributed by atoms with Gasteiger partial charge in [-0.2, -0.15) is 0 Å². The maximum Gasteiger partial charge on any atom is 0.266 e. The van der Waals surface area contributed by atoms with E-state index in [-0.39, 0.29) is 32.7 Å². The Bertz CT molecular complexity index is 1460. The molecule has 1 N–H and O–H groups in total. The molecule has 4 aromatic rings. The van der Waals surface area contributed by atoms with Crippen molar-refractivity contribution in [1.29, 1.82) is 0 Å². The first kappa shape index (κ1) is 23.2. The lowest BCUT2D eigenvalue weighted by Crippen LogP contribution is -2.24. The number of nitrogens with zero attached hydrogens (tertiary/aromatic N) is 2. The van der Waals surface area contributed by atoms with Crippen LogP contribution in [-0.2, 0) is 4.79 Å². The topological polar surface area (TPSA) is 64.0 Å². The molecule has 1 aromatic heterocycles. The predicted molar refractivity (Wildman–Crippen MR) is 128 cm³/mol. The van der Waals surface area contributed by atoms with Crippen molar-refractivity contribution in [2.45, 2.75) is 12.1 Å². The summed E-state index contributed by atoms with van der Waals surface area (Å²) in [4.78, 5) is 30.2. The fourth-order valence-electron chi connectivity index (χ4n) is 3.16. The fraction of sp³-hybridized carbons (Fsp3) is 0.0870. The molecule has 168 valence electrons. The number of nitrogens with one attached hydrogen (secondary N) is 1. The average molecular weight is 506 g/mol. The number of benzene rings is 3. The molecule has 1 heterocycles. The highest BCUT2D eigenvalue weighted by Crippen LogP contribution is 2.33. The quantitative estimate of drug-likeness (QED) is 0.266. The number of rotatable bonds is 5. The van der Waals surface area contributed by atoms with E-state index in [4.69, 9.17) is 23.2 Å². The first-order chi connectivity index (χ1) is 15.8. The second-order valence-electron chi connectivity index (χ2n) is 7.04. The monoisotopic (exact) mass is 505 g/mol. The zero-order valence-corrected chi connectivity index (χ0v) is 19.4. The summed E-state index contributed by atoms with van der Waals surface area (Å²) in [7, 11) is 0. The van der Waals surface area contributed by atoms with Crippen LogP contribution in [0.25, 0.3) is 16.6 Å². The number of carbonyl (C=O) groups is 1. The Morgan fingerprint density at radius 2 is 1.88 bits per heavy atom. The summed E-state index contributed by atoms with van der Waals surface area (Å²) < 4.78 is 29.0. The lowest BCUT2D eigenvalue weighted by Gasteiger charge is -2.14. The summed E-state index contributed by atoms with van der Waals surface area (Å²) in [6.45, 7) is 1.78. The van der Waals surface area contributed by atoms with Crippen molar-refractivity contribution in [3.63, 3.8) is 0 Å². The molecule has 0 unspecified atom stereocenters. The maximum atomic E-state index is 14.6. The largest absolute Gasteiger partial charge is 0.323 e. The highest BCUT2D eigenvalue weighted by molar-refractivity contribution is 7.99. The van der Waals surface area contributed by atoms with Crippen LogP contribution in [-0.4, -0.2) is 21.2 Å². The van der Waals surface area contributed by atoms with Gasteiger partial charge in [0.05, 0.1) is 38.1 Å². The van der Waals surface area contributed by atoms with Crippen molar-refractivity contribution < 1.29 is 13.6 Å². The molecule has 0 radical (unpaired) electrons. The molecule has 0 aliphatic heterocycles. The number of anilines is 1. The van der Waals surface area contributed by atoms with Crippen LogP contribution < -0.4 is 10.9 Å². The molecule has 0 fully saturated rings. The number of fused-ring (bicyclic) bond motifs is 1. The van der Waals surface area contributed by atoms with Crippen LogP contribution in [0.1, 0.15) is 5.56 Å². The Labute approximate surface area is 201 Å². The van der Waals surface area contributed by atoms with Crippen LogP contribution >= 0.6 is 35.0 Å². The third-order valence-corrected chi connectivity index (χ3v) is 6.52. The van der Waals surface area contributed by atoms with Gasteiger partial charge in [0.15, 0.2) is 5.16 Å². The molecule has 0 spiro atoms. The predicted octanol–water partition coefficient (Wildman–Crippen LogP) is 6.01. The highest BCUT2D eigenvalue weighted by atomic mass is 35.5. The molecule has 5 nitrogen and oxygen atoms in total. The second-order valence-corrected chi connectivity index (χ2v) is 8.77. The summed E-state index contributed by atoms with van der Waals surface area (Å²) in [5.74, 6) is -2.34. The standard InChI is InChI=1S/C23H15Cl2F2N3O2S/c1-12-6-8-15(24)21(20(12)25)29-19(31)11-33-23-28-17-5-3-2-4-14(17)22(32)30(23)18-9-7-13(26)10-16(18)27/h2-10H,11H2,1H3,(H,29,31). The molecule has 0 saturated carbocycles. The van der Waals surface area contributed by atoms with Crippen LogP contribution in [0.2, 0.25) is 10.0 Å². The van der Waals surface area contributed by atoms with E-state index in [9.17, 15) is 18.4 Å². The second kappa shape index (κ2) is 9.51. The first-order valence-corrected chi connectivity index (χ1v) is 11.3. The molecule has 3 aromatic carbocycles. The minimum Gasteiger partial charge on any atom is -0.323 e. The molecule has 0 aliphatic carbocycles. The maximum absolute atomic E-state index is 14.6. The Morgan fingerprint density at radius 1 is 1.12 bits per heavy atom. The van der Waals surface area contributed by atoms with Crippen molar-refractivity contribution in [2.75, 3.05) is 11.1 Å². The molecule has 10 heteroatoms. The highest BCUT2D eigenvalue weighted by Gasteiger charge is 2.18. The van der Waals surface area contributed by atoms with E-state index < -0.39 is 23.1 Å². The average Bonchev–Trinajstić information content (AvgIpc) is 2.79. The van der Waals surface area contributed by atoms with Gasteiger partial charge in [-0.3, -0.25) is 14.2 Å². The number of amides is 1. The molecule has 4 rings (SSSR count). The minimum absolute atomic E-state index is 0.0702. The number of thioether (sulfide) groups is 1. The zero-order valence-electron chi connectivity index (χ0n) is 17.0. The van der Waals surface area contributed by atoms with Crippen molar-refractivity contribution >= 4 is 57.5 Å². The van der Waals surface area contributed by atoms with E-state index in [2.05, 4.69) is 10.3 Å². The van der Waals surface area contributed by atoms with E-state index in [1.807, 2.05) is 0 Å². The Hall–Kier alpha value is -2.94. The number of halogens is 4. The van der Waals surface area contributed by atoms with Gasteiger partial charge in [0, 0.05) is 6.07 Å². The molecule has 1 amide bonds. The molecular formula is C23H15Cl2F2N3O2S. The summed E-state index contributed by atoms with van der Waals surface area (Å²) >= 11 is 13.3. The third-order valence-electron chi connectivity index (χ3n) is 4.78. The summed E-state index contributed by atoms with van der Waals surface area (Å²) in [6.07, 6.45) is 0. The van der Waals surface area contributed by atoms with Gasteiger partial charge in [0.2, 0.25) is 5.91 Å². The van der Waals surface area contributed by atoms with Crippen LogP contribution in [0, 0.1) is 18.6 Å². The van der Waals surface area contributed by atoms with E-state index >= 15 is 0 Å². The molecular weight excluding hydrogens is 491 g/mol. The van der Waals surface area contributed by atoms with Crippen molar-refractivity contribution in [1.82, 2.24) is 9.55 Å². The van der Waals surface area contributed by atoms with Gasteiger partial charge in [-0.1, -0.05) is 53.2 Å². The van der Waals surface area contributed by atoms with Gasteiger partial charge in [-0.15, -0.1) is 0 Å². The molecule has 0 atom stereocenters.